The second kappa shape index (κ2) is 8.53. The molecule has 1 aliphatic rings. The summed E-state index contributed by atoms with van der Waals surface area (Å²) in [5, 5.41) is 9.29. The molecule has 0 radical (unpaired) electrons. The van der Waals surface area contributed by atoms with E-state index >= 15 is 0 Å². The molecule has 0 amide bonds. The molecular formula is C24H20FN3O2S. The first kappa shape index (κ1) is 19.8. The Morgan fingerprint density at radius 2 is 1.77 bits per heavy atom. The molecule has 0 unspecified atom stereocenters. The zero-order chi connectivity index (χ0) is 21.2. The van der Waals surface area contributed by atoms with Crippen molar-refractivity contribution in [2.24, 2.45) is 0 Å². The standard InChI is InChI=1S/C24H20FN3O2S/c1-16-26-27-24(28(16)21-10-6-3-7-11-21)31-15-19-13-20(25)12-18-14-29-23(30-22(18)19)17-8-4-2-5-9-17/h2-13,23H,14-15H2,1H3/t23-/m1/s1. The van der Waals surface area contributed by atoms with Crippen LogP contribution in [0.1, 0.15) is 28.8 Å². The summed E-state index contributed by atoms with van der Waals surface area (Å²) in [6.45, 7) is 2.21. The lowest BCUT2D eigenvalue weighted by Crippen LogP contribution is -2.19. The number of aryl methyl sites for hydroxylation is 1. The molecule has 3 aromatic carbocycles. The molecule has 0 saturated carbocycles. The van der Waals surface area contributed by atoms with Gasteiger partial charge in [-0.3, -0.25) is 4.57 Å². The number of ether oxygens (including phenoxy) is 2. The van der Waals surface area contributed by atoms with E-state index in [1.54, 1.807) is 0 Å². The number of hydrogen-bond donors (Lipinski definition) is 0. The van der Waals surface area contributed by atoms with Crippen LogP contribution in [-0.4, -0.2) is 14.8 Å². The molecule has 4 aromatic rings. The lowest BCUT2D eigenvalue weighted by Gasteiger charge is -2.28. The van der Waals surface area contributed by atoms with Crippen LogP contribution in [0.5, 0.6) is 5.75 Å². The smallest absolute Gasteiger partial charge is 0.227 e. The number of halogens is 1. The zero-order valence-corrected chi connectivity index (χ0v) is 17.7. The van der Waals surface area contributed by atoms with Gasteiger partial charge in [0.05, 0.1) is 6.61 Å². The van der Waals surface area contributed by atoms with E-state index in [0.29, 0.717) is 23.7 Å². The van der Waals surface area contributed by atoms with Crippen molar-refractivity contribution in [3.05, 3.63) is 101 Å². The van der Waals surface area contributed by atoms with Crippen LogP contribution in [-0.2, 0) is 17.1 Å². The third-order valence-corrected chi connectivity index (χ3v) is 6.04. The Morgan fingerprint density at radius 3 is 2.55 bits per heavy atom. The summed E-state index contributed by atoms with van der Waals surface area (Å²) < 4.78 is 28.3. The third-order valence-electron chi connectivity index (χ3n) is 5.06. The van der Waals surface area contributed by atoms with E-state index < -0.39 is 6.29 Å². The molecule has 0 aliphatic carbocycles. The van der Waals surface area contributed by atoms with E-state index in [9.17, 15) is 4.39 Å². The van der Waals surface area contributed by atoms with Gasteiger partial charge in [0.1, 0.15) is 17.4 Å². The van der Waals surface area contributed by atoms with Crippen LogP contribution in [0.15, 0.2) is 78.0 Å². The highest BCUT2D eigenvalue weighted by Crippen LogP contribution is 2.39. The van der Waals surface area contributed by atoms with Crippen LogP contribution >= 0.6 is 11.8 Å². The van der Waals surface area contributed by atoms with Crippen molar-refractivity contribution in [3.8, 4) is 11.4 Å². The third kappa shape index (κ3) is 4.06. The monoisotopic (exact) mass is 433 g/mol. The van der Waals surface area contributed by atoms with Crippen LogP contribution < -0.4 is 4.74 Å². The molecule has 0 bridgehead atoms. The molecule has 5 rings (SSSR count). The summed E-state index contributed by atoms with van der Waals surface area (Å²) in [5.41, 5.74) is 3.39. The van der Waals surface area contributed by atoms with E-state index in [4.69, 9.17) is 9.47 Å². The molecule has 2 heterocycles. The number of nitrogens with zero attached hydrogens (tertiary/aromatic N) is 3. The number of para-hydroxylation sites is 1. The zero-order valence-electron chi connectivity index (χ0n) is 16.9. The maximum absolute atomic E-state index is 14.3. The van der Waals surface area contributed by atoms with Gasteiger partial charge in [-0.05, 0) is 31.2 Å². The number of benzene rings is 3. The lowest BCUT2D eigenvalue weighted by atomic mass is 10.1. The van der Waals surface area contributed by atoms with E-state index in [1.807, 2.05) is 72.2 Å². The molecule has 1 atom stereocenters. The van der Waals surface area contributed by atoms with Gasteiger partial charge in [-0.1, -0.05) is 60.3 Å². The topological polar surface area (TPSA) is 49.2 Å². The average molecular weight is 434 g/mol. The highest BCUT2D eigenvalue weighted by molar-refractivity contribution is 7.98. The average Bonchev–Trinajstić information content (AvgIpc) is 3.18. The number of hydrogen-bond acceptors (Lipinski definition) is 5. The van der Waals surface area contributed by atoms with Gasteiger partial charge >= 0.3 is 0 Å². The van der Waals surface area contributed by atoms with Gasteiger partial charge in [0, 0.05) is 28.1 Å². The van der Waals surface area contributed by atoms with Gasteiger partial charge in [-0.15, -0.1) is 10.2 Å². The van der Waals surface area contributed by atoms with Crippen LogP contribution in [0.2, 0.25) is 0 Å². The maximum Gasteiger partial charge on any atom is 0.227 e. The first-order chi connectivity index (χ1) is 15.2. The fourth-order valence-electron chi connectivity index (χ4n) is 3.61. The van der Waals surface area contributed by atoms with Crippen molar-refractivity contribution in [1.82, 2.24) is 14.8 Å². The fraction of sp³-hybridized carbons (Fsp3) is 0.167. The molecule has 1 aliphatic heterocycles. The maximum atomic E-state index is 14.3. The molecular weight excluding hydrogens is 413 g/mol. The SMILES string of the molecule is Cc1nnc(SCc2cc(F)cc3c2O[C@H](c2ccccc2)OC3)n1-c1ccccc1. The summed E-state index contributed by atoms with van der Waals surface area (Å²) in [4.78, 5) is 0. The fourth-order valence-corrected chi connectivity index (χ4v) is 4.58. The molecule has 31 heavy (non-hydrogen) atoms. The van der Waals surface area contributed by atoms with Gasteiger partial charge in [-0.2, -0.15) is 0 Å². The van der Waals surface area contributed by atoms with Gasteiger partial charge < -0.3 is 9.47 Å². The molecule has 0 fully saturated rings. The second-order valence-electron chi connectivity index (χ2n) is 7.21. The summed E-state index contributed by atoms with van der Waals surface area (Å²) in [7, 11) is 0. The Balaban J connectivity index is 1.42. The van der Waals surface area contributed by atoms with Crippen molar-refractivity contribution in [2.75, 3.05) is 0 Å². The molecule has 5 nitrogen and oxygen atoms in total. The molecule has 7 heteroatoms. The Bertz CT molecular complexity index is 1200. The first-order valence-corrected chi connectivity index (χ1v) is 10.9. The second-order valence-corrected chi connectivity index (χ2v) is 8.16. The lowest BCUT2D eigenvalue weighted by molar-refractivity contribution is -0.112. The van der Waals surface area contributed by atoms with Gasteiger partial charge in [0.2, 0.25) is 6.29 Å². The minimum atomic E-state index is -0.516. The van der Waals surface area contributed by atoms with Crippen LogP contribution in [0, 0.1) is 12.7 Å². The largest absolute Gasteiger partial charge is 0.460 e. The van der Waals surface area contributed by atoms with E-state index in [0.717, 1.165) is 27.8 Å². The van der Waals surface area contributed by atoms with Gasteiger partial charge in [-0.25, -0.2) is 4.39 Å². The van der Waals surface area contributed by atoms with Crippen molar-refractivity contribution in [3.63, 3.8) is 0 Å². The molecule has 1 aromatic heterocycles. The van der Waals surface area contributed by atoms with E-state index in [2.05, 4.69) is 10.2 Å². The number of fused-ring (bicyclic) bond motifs is 1. The van der Waals surface area contributed by atoms with Crippen molar-refractivity contribution >= 4 is 11.8 Å². The molecule has 0 spiro atoms. The summed E-state index contributed by atoms with van der Waals surface area (Å²) in [6, 6.07) is 22.7. The van der Waals surface area contributed by atoms with Crippen LogP contribution in [0.4, 0.5) is 4.39 Å². The highest BCUT2D eigenvalue weighted by Gasteiger charge is 2.25. The minimum Gasteiger partial charge on any atom is -0.460 e. The molecule has 0 N–H and O–H groups in total. The Morgan fingerprint density at radius 1 is 1.03 bits per heavy atom. The first-order valence-electron chi connectivity index (χ1n) is 9.94. The minimum absolute atomic E-state index is 0.295. The summed E-state index contributed by atoms with van der Waals surface area (Å²) in [6.07, 6.45) is -0.516. The van der Waals surface area contributed by atoms with E-state index in [1.165, 1.54) is 23.9 Å². The predicted octanol–water partition coefficient (Wildman–Crippen LogP) is 5.61. The molecule has 156 valence electrons. The normalized spacial score (nSPS) is 15.4. The highest BCUT2D eigenvalue weighted by atomic mass is 32.2. The van der Waals surface area contributed by atoms with Crippen molar-refractivity contribution < 1.29 is 13.9 Å². The van der Waals surface area contributed by atoms with Crippen LogP contribution in [0.3, 0.4) is 0 Å². The van der Waals surface area contributed by atoms with Gasteiger partial charge in [0.15, 0.2) is 5.16 Å². The quantitative estimate of drug-likeness (QED) is 0.383. The van der Waals surface area contributed by atoms with Crippen molar-refractivity contribution in [1.29, 1.82) is 0 Å². The van der Waals surface area contributed by atoms with E-state index in [-0.39, 0.29) is 5.82 Å². The number of thioether (sulfide) groups is 1. The number of rotatable bonds is 5. The Kier molecular flexibility index (Phi) is 5.44. The van der Waals surface area contributed by atoms with Crippen LogP contribution in [0.25, 0.3) is 5.69 Å². The Labute approximate surface area is 183 Å². The number of aromatic nitrogens is 3. The summed E-state index contributed by atoms with van der Waals surface area (Å²) >= 11 is 1.50. The Hall–Kier alpha value is -3.16. The van der Waals surface area contributed by atoms with Crippen molar-refractivity contribution in [2.45, 2.75) is 30.7 Å². The van der Waals surface area contributed by atoms with Gasteiger partial charge in [0.25, 0.3) is 0 Å². The summed E-state index contributed by atoms with van der Waals surface area (Å²) in [5.74, 6) is 1.66. The predicted molar refractivity (Wildman–Crippen MR) is 117 cm³/mol. The molecule has 0 saturated heterocycles.